The van der Waals surface area contributed by atoms with E-state index in [1.54, 1.807) is 11.3 Å². The Bertz CT molecular complexity index is 504. The Labute approximate surface area is 113 Å². The first-order chi connectivity index (χ1) is 8.48. The minimum Gasteiger partial charge on any atom is -0.309 e. The van der Waals surface area contributed by atoms with E-state index < -0.39 is 9.84 Å². The van der Waals surface area contributed by atoms with Crippen molar-refractivity contribution in [2.24, 2.45) is 0 Å². The van der Waals surface area contributed by atoms with E-state index in [4.69, 9.17) is 0 Å². The molecule has 18 heavy (non-hydrogen) atoms. The van der Waals surface area contributed by atoms with Crippen LogP contribution < -0.4 is 5.32 Å². The smallest absolute Gasteiger partial charge is 0.153 e. The van der Waals surface area contributed by atoms with Crippen LogP contribution in [0.4, 0.5) is 0 Å². The molecule has 0 unspecified atom stereocenters. The molecule has 1 saturated carbocycles. The Morgan fingerprint density at radius 2 is 2.17 bits per heavy atom. The molecule has 0 radical (unpaired) electrons. The Kier molecular flexibility index (Phi) is 4.40. The standard InChI is InChI=1S/C12H20N2O2S2/c1-3-4-10-11(7-13-9-5-6-9)17-12(14-10)8-18(2,15)16/h9,13H,3-8H2,1-2H3. The van der Waals surface area contributed by atoms with E-state index in [0.29, 0.717) is 6.04 Å². The van der Waals surface area contributed by atoms with Gasteiger partial charge in [0.15, 0.2) is 9.84 Å². The zero-order valence-electron chi connectivity index (χ0n) is 10.9. The number of nitrogens with zero attached hydrogens (tertiary/aromatic N) is 1. The Morgan fingerprint density at radius 1 is 1.44 bits per heavy atom. The van der Waals surface area contributed by atoms with Gasteiger partial charge in [-0.15, -0.1) is 11.3 Å². The van der Waals surface area contributed by atoms with E-state index >= 15 is 0 Å². The van der Waals surface area contributed by atoms with E-state index in [-0.39, 0.29) is 5.75 Å². The normalized spacial score (nSPS) is 16.1. The maximum absolute atomic E-state index is 11.3. The van der Waals surface area contributed by atoms with Gasteiger partial charge in [-0.25, -0.2) is 13.4 Å². The summed E-state index contributed by atoms with van der Waals surface area (Å²) in [6, 6.07) is 0.667. The molecule has 1 aliphatic rings. The number of hydrogen-bond acceptors (Lipinski definition) is 5. The molecule has 0 aromatic carbocycles. The molecule has 102 valence electrons. The van der Waals surface area contributed by atoms with Crippen LogP contribution in [0.5, 0.6) is 0 Å². The first kappa shape index (κ1) is 14.0. The first-order valence-corrected chi connectivity index (χ1v) is 9.24. The lowest BCUT2D eigenvalue weighted by atomic mass is 10.2. The van der Waals surface area contributed by atoms with E-state index in [1.807, 2.05) is 0 Å². The van der Waals surface area contributed by atoms with Gasteiger partial charge in [0.2, 0.25) is 0 Å². The molecule has 0 spiro atoms. The molecular formula is C12H20N2O2S2. The van der Waals surface area contributed by atoms with Gasteiger partial charge in [-0.1, -0.05) is 13.3 Å². The molecule has 0 bridgehead atoms. The van der Waals surface area contributed by atoms with Crippen LogP contribution in [0, 0.1) is 0 Å². The van der Waals surface area contributed by atoms with Crippen molar-refractivity contribution in [2.45, 2.75) is 50.9 Å². The summed E-state index contributed by atoms with van der Waals surface area (Å²) >= 11 is 1.54. The number of thiazole rings is 1. The SMILES string of the molecule is CCCc1nc(CS(C)(=O)=O)sc1CNC1CC1. The molecule has 0 aliphatic heterocycles. The van der Waals surface area contributed by atoms with Crippen LogP contribution in [0.2, 0.25) is 0 Å². The van der Waals surface area contributed by atoms with Crippen LogP contribution in [-0.4, -0.2) is 25.7 Å². The number of rotatable bonds is 7. The fourth-order valence-electron chi connectivity index (χ4n) is 1.82. The lowest BCUT2D eigenvalue weighted by molar-refractivity contribution is 0.601. The Morgan fingerprint density at radius 3 is 2.72 bits per heavy atom. The van der Waals surface area contributed by atoms with Crippen molar-refractivity contribution in [1.82, 2.24) is 10.3 Å². The van der Waals surface area contributed by atoms with Gasteiger partial charge >= 0.3 is 0 Å². The van der Waals surface area contributed by atoms with E-state index in [9.17, 15) is 8.42 Å². The lowest BCUT2D eigenvalue weighted by Gasteiger charge is -2.01. The molecule has 1 heterocycles. The van der Waals surface area contributed by atoms with Gasteiger partial charge < -0.3 is 5.32 Å². The van der Waals surface area contributed by atoms with Crippen LogP contribution in [0.3, 0.4) is 0 Å². The van der Waals surface area contributed by atoms with Crippen LogP contribution in [-0.2, 0) is 28.6 Å². The van der Waals surface area contributed by atoms with Gasteiger partial charge in [0.1, 0.15) is 10.8 Å². The molecule has 1 aliphatic carbocycles. The number of nitrogens with one attached hydrogen (secondary N) is 1. The molecule has 0 saturated heterocycles. The number of sulfone groups is 1. The van der Waals surface area contributed by atoms with Gasteiger partial charge in [-0.2, -0.15) is 0 Å². The second-order valence-corrected chi connectivity index (χ2v) is 8.26. The van der Waals surface area contributed by atoms with Crippen molar-refractivity contribution in [2.75, 3.05) is 6.26 Å². The molecule has 0 amide bonds. The predicted molar refractivity (Wildman–Crippen MR) is 74.5 cm³/mol. The summed E-state index contributed by atoms with van der Waals surface area (Å²) in [5.74, 6) is 0.0673. The van der Waals surface area contributed by atoms with Crippen LogP contribution >= 0.6 is 11.3 Å². The fraction of sp³-hybridized carbons (Fsp3) is 0.750. The van der Waals surface area contributed by atoms with Crippen molar-refractivity contribution in [3.05, 3.63) is 15.6 Å². The minimum absolute atomic E-state index is 0.0673. The van der Waals surface area contributed by atoms with E-state index in [0.717, 1.165) is 30.1 Å². The summed E-state index contributed by atoms with van der Waals surface area (Å²) in [5, 5.41) is 4.20. The van der Waals surface area contributed by atoms with Crippen LogP contribution in [0.15, 0.2) is 0 Å². The van der Waals surface area contributed by atoms with Crippen molar-refractivity contribution in [3.63, 3.8) is 0 Å². The van der Waals surface area contributed by atoms with Gasteiger partial charge in [0.25, 0.3) is 0 Å². The average Bonchev–Trinajstić information content (AvgIpc) is 2.99. The summed E-state index contributed by atoms with van der Waals surface area (Å²) in [6.07, 6.45) is 5.76. The lowest BCUT2D eigenvalue weighted by Crippen LogP contribution is -2.15. The summed E-state index contributed by atoms with van der Waals surface area (Å²) in [4.78, 5) is 5.69. The average molecular weight is 288 g/mol. The summed E-state index contributed by atoms with van der Waals surface area (Å²) in [5.41, 5.74) is 1.08. The van der Waals surface area contributed by atoms with Gasteiger partial charge in [0, 0.05) is 23.7 Å². The zero-order valence-corrected chi connectivity index (χ0v) is 12.5. The molecular weight excluding hydrogens is 268 g/mol. The molecule has 4 nitrogen and oxygen atoms in total. The molecule has 1 fully saturated rings. The van der Waals surface area contributed by atoms with Crippen molar-refractivity contribution in [3.8, 4) is 0 Å². The maximum atomic E-state index is 11.3. The molecule has 1 aromatic heterocycles. The Balaban J connectivity index is 2.08. The second-order valence-electron chi connectivity index (χ2n) is 4.95. The minimum atomic E-state index is -2.99. The molecule has 2 rings (SSSR count). The van der Waals surface area contributed by atoms with Gasteiger partial charge in [-0.3, -0.25) is 0 Å². The first-order valence-electron chi connectivity index (χ1n) is 6.36. The van der Waals surface area contributed by atoms with Crippen molar-refractivity contribution >= 4 is 21.2 Å². The molecule has 6 heteroatoms. The highest BCUT2D eigenvalue weighted by Crippen LogP contribution is 2.24. The zero-order chi connectivity index (χ0) is 13.2. The third-order valence-electron chi connectivity index (χ3n) is 2.82. The summed E-state index contributed by atoms with van der Waals surface area (Å²) < 4.78 is 22.6. The highest BCUT2D eigenvalue weighted by Gasteiger charge is 2.21. The predicted octanol–water partition coefficient (Wildman–Crippen LogP) is 1.89. The topological polar surface area (TPSA) is 59.1 Å². The van der Waals surface area contributed by atoms with E-state index in [1.165, 1.54) is 24.0 Å². The number of aromatic nitrogens is 1. The second kappa shape index (κ2) is 5.67. The maximum Gasteiger partial charge on any atom is 0.153 e. The third-order valence-corrected chi connectivity index (χ3v) is 4.90. The van der Waals surface area contributed by atoms with Crippen LogP contribution in [0.1, 0.15) is 41.8 Å². The molecule has 0 atom stereocenters. The van der Waals surface area contributed by atoms with Crippen molar-refractivity contribution in [1.29, 1.82) is 0 Å². The number of hydrogen-bond donors (Lipinski definition) is 1. The summed E-state index contributed by atoms with van der Waals surface area (Å²) in [6.45, 7) is 2.95. The summed E-state index contributed by atoms with van der Waals surface area (Å²) in [7, 11) is -2.99. The molecule has 1 N–H and O–H groups in total. The van der Waals surface area contributed by atoms with Gasteiger partial charge in [0.05, 0.1) is 5.69 Å². The van der Waals surface area contributed by atoms with Crippen molar-refractivity contribution < 1.29 is 8.42 Å². The quantitative estimate of drug-likeness (QED) is 0.832. The van der Waals surface area contributed by atoms with E-state index in [2.05, 4.69) is 17.2 Å². The third kappa shape index (κ3) is 4.33. The monoisotopic (exact) mass is 288 g/mol. The highest BCUT2D eigenvalue weighted by molar-refractivity contribution is 7.90. The Hall–Kier alpha value is -0.460. The largest absolute Gasteiger partial charge is 0.309 e. The fourth-order valence-corrected chi connectivity index (χ4v) is 4.07. The highest BCUT2D eigenvalue weighted by atomic mass is 32.2. The number of aryl methyl sites for hydroxylation is 1. The van der Waals surface area contributed by atoms with Gasteiger partial charge in [-0.05, 0) is 19.3 Å². The van der Waals surface area contributed by atoms with Crippen LogP contribution in [0.25, 0.3) is 0 Å². The molecule has 1 aromatic rings.